The Kier molecular flexibility index (Phi) is 5.44. The Labute approximate surface area is 141 Å². The second kappa shape index (κ2) is 7.15. The summed E-state index contributed by atoms with van der Waals surface area (Å²) in [6.45, 7) is 6.45. The highest BCUT2D eigenvalue weighted by Crippen LogP contribution is 2.21. The quantitative estimate of drug-likeness (QED) is 0.852. The summed E-state index contributed by atoms with van der Waals surface area (Å²) in [4.78, 5) is 12.3. The Balaban J connectivity index is 2.15. The van der Waals surface area contributed by atoms with E-state index in [0.29, 0.717) is 23.7 Å². The van der Waals surface area contributed by atoms with Crippen LogP contribution in [0.4, 0.5) is 0 Å². The Morgan fingerprint density at radius 2 is 2.09 bits per heavy atom. The molecule has 2 N–H and O–H groups in total. The summed E-state index contributed by atoms with van der Waals surface area (Å²) in [6.07, 6.45) is 0.625. The maximum absolute atomic E-state index is 12.3. The first-order valence-corrected chi connectivity index (χ1v) is 7.92. The van der Waals surface area contributed by atoms with Crippen molar-refractivity contribution in [1.82, 2.24) is 15.1 Å². The maximum atomic E-state index is 12.3. The molecule has 2 aromatic rings. The van der Waals surface area contributed by atoms with Crippen LogP contribution in [0.2, 0.25) is 5.02 Å². The molecule has 0 fully saturated rings. The van der Waals surface area contributed by atoms with Crippen molar-refractivity contribution in [3.05, 3.63) is 46.7 Å². The van der Waals surface area contributed by atoms with Crippen LogP contribution in [0.3, 0.4) is 0 Å². The van der Waals surface area contributed by atoms with E-state index in [1.54, 1.807) is 16.8 Å². The number of amides is 1. The number of aliphatic hydroxyl groups excluding tert-OH is 1. The lowest BCUT2D eigenvalue weighted by atomic mass is 9.90. The molecule has 1 aromatic carbocycles. The molecule has 1 aromatic heterocycles. The predicted octanol–water partition coefficient (Wildman–Crippen LogP) is 2.97. The first-order valence-electron chi connectivity index (χ1n) is 7.55. The third-order valence-corrected chi connectivity index (χ3v) is 4.04. The standard InChI is InChI=1S/C17H22ClN3O2/c1-12-10-14(16(23)19-11-17(2,3)8-9-22)20-21(12)15-7-5-4-6-13(15)18/h4-7,10,22H,8-9,11H2,1-3H3,(H,19,23). The molecule has 1 amide bonds. The molecule has 1 heterocycles. The van der Waals surface area contributed by atoms with E-state index in [9.17, 15) is 4.79 Å². The highest BCUT2D eigenvalue weighted by Gasteiger charge is 2.20. The lowest BCUT2D eigenvalue weighted by molar-refractivity contribution is 0.0923. The lowest BCUT2D eigenvalue weighted by Gasteiger charge is -2.23. The van der Waals surface area contributed by atoms with Crippen LogP contribution in [-0.2, 0) is 0 Å². The van der Waals surface area contributed by atoms with Crippen LogP contribution in [0.15, 0.2) is 30.3 Å². The predicted molar refractivity (Wildman–Crippen MR) is 91.1 cm³/mol. The third-order valence-electron chi connectivity index (χ3n) is 3.72. The summed E-state index contributed by atoms with van der Waals surface area (Å²) in [5.41, 5.74) is 1.76. The minimum atomic E-state index is -0.232. The SMILES string of the molecule is Cc1cc(C(=O)NCC(C)(C)CCO)nn1-c1ccccc1Cl. The fourth-order valence-corrected chi connectivity index (χ4v) is 2.47. The molecule has 0 saturated heterocycles. The van der Waals surface area contributed by atoms with Crippen LogP contribution >= 0.6 is 11.6 Å². The molecule has 2 rings (SSSR count). The van der Waals surface area contributed by atoms with Gasteiger partial charge in [-0.2, -0.15) is 5.10 Å². The molecule has 0 unspecified atom stereocenters. The topological polar surface area (TPSA) is 67.2 Å². The number of aromatic nitrogens is 2. The summed E-state index contributed by atoms with van der Waals surface area (Å²) in [5, 5.41) is 16.8. The van der Waals surface area contributed by atoms with Gasteiger partial charge in [-0.1, -0.05) is 37.6 Å². The van der Waals surface area contributed by atoms with Gasteiger partial charge in [0.05, 0.1) is 10.7 Å². The van der Waals surface area contributed by atoms with Gasteiger partial charge in [-0.3, -0.25) is 4.79 Å². The van der Waals surface area contributed by atoms with Crippen LogP contribution in [0, 0.1) is 12.3 Å². The van der Waals surface area contributed by atoms with Crippen molar-refractivity contribution in [2.75, 3.05) is 13.2 Å². The molecule has 6 heteroatoms. The molecule has 0 aliphatic rings. The van der Waals surface area contributed by atoms with Crippen molar-refractivity contribution in [3.63, 3.8) is 0 Å². The monoisotopic (exact) mass is 335 g/mol. The van der Waals surface area contributed by atoms with E-state index in [1.165, 1.54) is 0 Å². The van der Waals surface area contributed by atoms with Crippen molar-refractivity contribution in [3.8, 4) is 5.69 Å². The van der Waals surface area contributed by atoms with E-state index in [1.807, 2.05) is 39.0 Å². The number of nitrogens with one attached hydrogen (secondary N) is 1. The van der Waals surface area contributed by atoms with Crippen molar-refractivity contribution in [2.45, 2.75) is 27.2 Å². The van der Waals surface area contributed by atoms with Gasteiger partial charge in [0.1, 0.15) is 0 Å². The van der Waals surface area contributed by atoms with Gasteiger partial charge in [0.15, 0.2) is 5.69 Å². The Morgan fingerprint density at radius 3 is 2.74 bits per heavy atom. The Hall–Kier alpha value is -1.85. The molecule has 0 bridgehead atoms. The summed E-state index contributed by atoms with van der Waals surface area (Å²) < 4.78 is 1.66. The molecule has 0 aliphatic carbocycles. The molecule has 0 aliphatic heterocycles. The normalized spacial score (nSPS) is 11.5. The van der Waals surface area contributed by atoms with Crippen molar-refractivity contribution < 1.29 is 9.90 Å². The molecular weight excluding hydrogens is 314 g/mol. The second-order valence-electron chi connectivity index (χ2n) is 6.35. The van der Waals surface area contributed by atoms with Crippen LogP contribution in [0.25, 0.3) is 5.69 Å². The van der Waals surface area contributed by atoms with Gasteiger partial charge in [0, 0.05) is 18.8 Å². The Morgan fingerprint density at radius 1 is 1.39 bits per heavy atom. The number of carbonyl (C=O) groups is 1. The fraction of sp³-hybridized carbons (Fsp3) is 0.412. The summed E-state index contributed by atoms with van der Waals surface area (Å²) in [7, 11) is 0. The number of aliphatic hydroxyl groups is 1. The summed E-state index contributed by atoms with van der Waals surface area (Å²) >= 11 is 6.19. The number of rotatable bonds is 6. The van der Waals surface area contributed by atoms with Crippen molar-refractivity contribution in [1.29, 1.82) is 0 Å². The molecule has 124 valence electrons. The number of hydrogen-bond acceptors (Lipinski definition) is 3. The molecule has 5 nitrogen and oxygen atoms in total. The molecule has 0 atom stereocenters. The number of halogens is 1. The summed E-state index contributed by atoms with van der Waals surface area (Å²) in [5.74, 6) is -0.232. The molecular formula is C17H22ClN3O2. The highest BCUT2D eigenvalue weighted by atomic mass is 35.5. The third kappa shape index (κ3) is 4.33. The average Bonchev–Trinajstić information content (AvgIpc) is 2.87. The summed E-state index contributed by atoms with van der Waals surface area (Å²) in [6, 6.07) is 9.10. The van der Waals surface area contributed by atoms with Crippen LogP contribution in [-0.4, -0.2) is 33.9 Å². The maximum Gasteiger partial charge on any atom is 0.271 e. The van der Waals surface area contributed by atoms with Gasteiger partial charge in [-0.25, -0.2) is 4.68 Å². The first-order chi connectivity index (χ1) is 10.8. The largest absolute Gasteiger partial charge is 0.396 e. The van der Waals surface area contributed by atoms with Gasteiger partial charge < -0.3 is 10.4 Å². The fourth-order valence-electron chi connectivity index (χ4n) is 2.25. The van der Waals surface area contributed by atoms with E-state index >= 15 is 0 Å². The van der Waals surface area contributed by atoms with E-state index < -0.39 is 0 Å². The van der Waals surface area contributed by atoms with Gasteiger partial charge >= 0.3 is 0 Å². The number of benzene rings is 1. The van der Waals surface area contributed by atoms with Gasteiger partial charge in [0.2, 0.25) is 0 Å². The van der Waals surface area contributed by atoms with Crippen LogP contribution < -0.4 is 5.32 Å². The smallest absolute Gasteiger partial charge is 0.271 e. The highest BCUT2D eigenvalue weighted by molar-refractivity contribution is 6.32. The number of nitrogens with zero attached hydrogens (tertiary/aromatic N) is 2. The van der Waals surface area contributed by atoms with E-state index in [4.69, 9.17) is 16.7 Å². The zero-order valence-electron chi connectivity index (χ0n) is 13.6. The van der Waals surface area contributed by atoms with E-state index in [-0.39, 0.29) is 17.9 Å². The minimum Gasteiger partial charge on any atom is -0.396 e. The second-order valence-corrected chi connectivity index (χ2v) is 6.76. The van der Waals surface area contributed by atoms with E-state index in [2.05, 4.69) is 10.4 Å². The van der Waals surface area contributed by atoms with Crippen molar-refractivity contribution in [2.24, 2.45) is 5.41 Å². The molecule has 0 radical (unpaired) electrons. The number of para-hydroxylation sites is 1. The molecule has 23 heavy (non-hydrogen) atoms. The van der Waals surface area contributed by atoms with E-state index in [0.717, 1.165) is 11.4 Å². The average molecular weight is 336 g/mol. The molecule has 0 spiro atoms. The zero-order valence-corrected chi connectivity index (χ0v) is 14.4. The van der Waals surface area contributed by atoms with Crippen LogP contribution in [0.5, 0.6) is 0 Å². The van der Waals surface area contributed by atoms with Crippen LogP contribution in [0.1, 0.15) is 36.5 Å². The Bertz CT molecular complexity index is 695. The van der Waals surface area contributed by atoms with Crippen molar-refractivity contribution >= 4 is 17.5 Å². The first kappa shape index (κ1) is 17.5. The minimum absolute atomic E-state index is 0.100. The van der Waals surface area contributed by atoms with Gasteiger partial charge in [0.25, 0.3) is 5.91 Å². The number of carbonyl (C=O) groups excluding carboxylic acids is 1. The zero-order chi connectivity index (χ0) is 17.0. The molecule has 0 saturated carbocycles. The number of hydrogen-bond donors (Lipinski definition) is 2. The van der Waals surface area contributed by atoms with Gasteiger partial charge in [-0.05, 0) is 37.0 Å². The lowest BCUT2D eigenvalue weighted by Crippen LogP contribution is -2.34. The number of aryl methyl sites for hydroxylation is 1. The van der Waals surface area contributed by atoms with Gasteiger partial charge in [-0.15, -0.1) is 0 Å².